The maximum atomic E-state index is 12.6. The fourth-order valence-electron chi connectivity index (χ4n) is 2.43. The van der Waals surface area contributed by atoms with Gasteiger partial charge in [0.2, 0.25) is 5.91 Å². The largest absolute Gasteiger partial charge is 0.392 e. The summed E-state index contributed by atoms with van der Waals surface area (Å²) in [4.78, 5) is 12.9. The van der Waals surface area contributed by atoms with Crippen LogP contribution in [-0.2, 0) is 4.79 Å². The Morgan fingerprint density at radius 1 is 1.25 bits per heavy atom. The van der Waals surface area contributed by atoms with Crippen LogP contribution in [0.2, 0.25) is 0 Å². The molecule has 0 spiro atoms. The third kappa shape index (κ3) is 3.37. The summed E-state index contributed by atoms with van der Waals surface area (Å²) in [5.41, 5.74) is 6.19. The first-order valence-corrected chi connectivity index (χ1v) is 7.58. The third-order valence-corrected chi connectivity index (χ3v) is 4.42. The Bertz CT molecular complexity index is 455. The molecule has 110 valence electrons. The van der Waals surface area contributed by atoms with Crippen molar-refractivity contribution in [1.82, 2.24) is 5.32 Å². The molecule has 0 aliphatic heterocycles. The average Bonchev–Trinajstić information content (AvgIpc) is 2.47. The van der Waals surface area contributed by atoms with E-state index in [-0.39, 0.29) is 16.9 Å². The Morgan fingerprint density at radius 2 is 1.80 bits per heavy atom. The lowest BCUT2D eigenvalue weighted by molar-refractivity contribution is -0.128. The van der Waals surface area contributed by atoms with Gasteiger partial charge in [0.25, 0.3) is 0 Å². The van der Waals surface area contributed by atoms with E-state index >= 15 is 0 Å². The van der Waals surface area contributed by atoms with Gasteiger partial charge in [0, 0.05) is 0 Å². The molecule has 0 saturated carbocycles. The fourth-order valence-corrected chi connectivity index (χ4v) is 2.82. The standard InChI is InChI=1S/C16H24N2OS/c1-4-13(12-10-8-7-9-11-12)18-15(19)16(5-2,6-3)14(17)20/h7-11,13H,4-6H2,1-3H3,(H2,17,20)(H,18,19). The van der Waals surface area contributed by atoms with E-state index in [2.05, 4.69) is 12.2 Å². The van der Waals surface area contributed by atoms with Crippen molar-refractivity contribution in [2.45, 2.75) is 46.1 Å². The SMILES string of the molecule is CCC(NC(=O)C(CC)(CC)C(N)=S)c1ccccc1. The van der Waals surface area contributed by atoms with Gasteiger partial charge >= 0.3 is 0 Å². The summed E-state index contributed by atoms with van der Waals surface area (Å²) in [5, 5.41) is 3.10. The number of hydrogen-bond acceptors (Lipinski definition) is 2. The zero-order valence-corrected chi connectivity index (χ0v) is 13.3. The Labute approximate surface area is 126 Å². The molecule has 1 amide bonds. The Balaban J connectivity index is 2.95. The summed E-state index contributed by atoms with van der Waals surface area (Å²) in [7, 11) is 0. The Morgan fingerprint density at radius 3 is 2.20 bits per heavy atom. The van der Waals surface area contributed by atoms with E-state index in [0.717, 1.165) is 12.0 Å². The van der Waals surface area contributed by atoms with Gasteiger partial charge in [-0.1, -0.05) is 63.3 Å². The number of rotatable bonds is 7. The summed E-state index contributed by atoms with van der Waals surface area (Å²) < 4.78 is 0. The van der Waals surface area contributed by atoms with Crippen molar-refractivity contribution in [3.8, 4) is 0 Å². The minimum absolute atomic E-state index is 0.00414. The van der Waals surface area contributed by atoms with E-state index in [4.69, 9.17) is 18.0 Å². The lowest BCUT2D eigenvalue weighted by Gasteiger charge is -2.31. The molecular formula is C16H24N2OS. The van der Waals surface area contributed by atoms with Crippen LogP contribution < -0.4 is 11.1 Å². The molecule has 1 unspecified atom stereocenters. The zero-order chi connectivity index (χ0) is 15.2. The number of carbonyl (C=O) groups excluding carboxylic acids is 1. The third-order valence-electron chi connectivity index (χ3n) is 4.03. The Kier molecular flexibility index (Phi) is 6.14. The molecule has 20 heavy (non-hydrogen) atoms. The van der Waals surface area contributed by atoms with Crippen LogP contribution in [0.4, 0.5) is 0 Å². The highest BCUT2D eigenvalue weighted by atomic mass is 32.1. The number of nitrogens with two attached hydrogens (primary N) is 1. The van der Waals surface area contributed by atoms with Crippen LogP contribution in [0.5, 0.6) is 0 Å². The van der Waals surface area contributed by atoms with Gasteiger partial charge in [-0.3, -0.25) is 4.79 Å². The molecule has 4 heteroatoms. The van der Waals surface area contributed by atoms with Gasteiger partial charge < -0.3 is 11.1 Å². The second-order valence-electron chi connectivity index (χ2n) is 5.00. The summed E-state index contributed by atoms with van der Waals surface area (Å²) in [6.45, 7) is 5.95. The molecule has 3 nitrogen and oxygen atoms in total. The smallest absolute Gasteiger partial charge is 0.233 e. The lowest BCUT2D eigenvalue weighted by atomic mass is 9.81. The molecule has 1 atom stereocenters. The maximum Gasteiger partial charge on any atom is 0.233 e. The van der Waals surface area contributed by atoms with Gasteiger partial charge in [0.05, 0.1) is 16.4 Å². The number of thiocarbonyl (C=S) groups is 1. The average molecular weight is 292 g/mol. The molecule has 3 N–H and O–H groups in total. The molecule has 0 aliphatic carbocycles. The van der Waals surface area contributed by atoms with E-state index < -0.39 is 5.41 Å². The molecule has 1 rings (SSSR count). The van der Waals surface area contributed by atoms with Crippen LogP contribution in [0.3, 0.4) is 0 Å². The van der Waals surface area contributed by atoms with Crippen LogP contribution in [0.25, 0.3) is 0 Å². The summed E-state index contributed by atoms with van der Waals surface area (Å²) in [6.07, 6.45) is 2.07. The summed E-state index contributed by atoms with van der Waals surface area (Å²) >= 11 is 5.13. The normalized spacial score (nSPS) is 12.8. The van der Waals surface area contributed by atoms with Gasteiger partial charge in [-0.25, -0.2) is 0 Å². The molecule has 1 aromatic carbocycles. The van der Waals surface area contributed by atoms with Crippen molar-refractivity contribution in [3.05, 3.63) is 35.9 Å². The molecule has 0 radical (unpaired) electrons. The number of amides is 1. The predicted octanol–water partition coefficient (Wildman–Crippen LogP) is 3.35. The van der Waals surface area contributed by atoms with Crippen LogP contribution in [-0.4, -0.2) is 10.9 Å². The fraction of sp³-hybridized carbons (Fsp3) is 0.500. The maximum absolute atomic E-state index is 12.6. The summed E-state index contributed by atoms with van der Waals surface area (Å²) in [5.74, 6) is -0.0642. The number of nitrogens with one attached hydrogen (secondary N) is 1. The molecule has 1 aromatic rings. The van der Waals surface area contributed by atoms with Gasteiger partial charge in [0.15, 0.2) is 0 Å². The van der Waals surface area contributed by atoms with E-state index in [1.807, 2.05) is 44.2 Å². The van der Waals surface area contributed by atoms with E-state index in [1.165, 1.54) is 0 Å². The van der Waals surface area contributed by atoms with Crippen LogP contribution >= 0.6 is 12.2 Å². The van der Waals surface area contributed by atoms with Crippen molar-refractivity contribution >= 4 is 23.1 Å². The van der Waals surface area contributed by atoms with E-state index in [0.29, 0.717) is 12.8 Å². The molecule has 0 heterocycles. The minimum Gasteiger partial charge on any atom is -0.392 e. The van der Waals surface area contributed by atoms with Crippen molar-refractivity contribution in [2.75, 3.05) is 0 Å². The highest BCUT2D eigenvalue weighted by Gasteiger charge is 2.38. The second kappa shape index (κ2) is 7.39. The topological polar surface area (TPSA) is 55.1 Å². The second-order valence-corrected chi connectivity index (χ2v) is 5.44. The number of carbonyl (C=O) groups is 1. The van der Waals surface area contributed by atoms with E-state index in [1.54, 1.807) is 0 Å². The highest BCUT2D eigenvalue weighted by molar-refractivity contribution is 7.80. The van der Waals surface area contributed by atoms with Crippen molar-refractivity contribution in [1.29, 1.82) is 0 Å². The zero-order valence-electron chi connectivity index (χ0n) is 12.5. The molecule has 0 saturated heterocycles. The predicted molar refractivity (Wildman–Crippen MR) is 87.4 cm³/mol. The van der Waals surface area contributed by atoms with Crippen LogP contribution in [0, 0.1) is 5.41 Å². The van der Waals surface area contributed by atoms with Crippen molar-refractivity contribution < 1.29 is 4.79 Å². The van der Waals surface area contributed by atoms with Gasteiger partial charge in [-0.2, -0.15) is 0 Å². The van der Waals surface area contributed by atoms with Gasteiger partial charge in [-0.05, 0) is 24.8 Å². The molecule has 0 aromatic heterocycles. The molecule has 0 aliphatic rings. The molecule has 0 bridgehead atoms. The first-order chi connectivity index (χ1) is 9.51. The lowest BCUT2D eigenvalue weighted by Crippen LogP contribution is -2.49. The van der Waals surface area contributed by atoms with Crippen molar-refractivity contribution in [2.24, 2.45) is 11.1 Å². The first kappa shape index (κ1) is 16.6. The summed E-state index contributed by atoms with van der Waals surface area (Å²) in [6, 6.07) is 9.96. The highest BCUT2D eigenvalue weighted by Crippen LogP contribution is 2.29. The monoisotopic (exact) mass is 292 g/mol. The van der Waals surface area contributed by atoms with Gasteiger partial charge in [-0.15, -0.1) is 0 Å². The minimum atomic E-state index is -0.739. The van der Waals surface area contributed by atoms with E-state index in [9.17, 15) is 4.79 Å². The molecule has 0 fully saturated rings. The first-order valence-electron chi connectivity index (χ1n) is 7.17. The van der Waals surface area contributed by atoms with Crippen LogP contribution in [0.1, 0.15) is 51.6 Å². The van der Waals surface area contributed by atoms with Gasteiger partial charge in [0.1, 0.15) is 0 Å². The van der Waals surface area contributed by atoms with Crippen LogP contribution in [0.15, 0.2) is 30.3 Å². The quantitative estimate of drug-likeness (QED) is 0.758. The Hall–Kier alpha value is -1.42. The van der Waals surface area contributed by atoms with Crippen molar-refractivity contribution in [3.63, 3.8) is 0 Å². The molecular weight excluding hydrogens is 268 g/mol. The number of benzene rings is 1. The number of hydrogen-bond donors (Lipinski definition) is 2.